The minimum atomic E-state index is 0.276. The van der Waals surface area contributed by atoms with E-state index in [0.29, 0.717) is 11.9 Å². The number of piperazine rings is 1. The number of hydrogen-bond donors (Lipinski definition) is 3. The molecule has 19 heavy (non-hydrogen) atoms. The molecule has 104 valence electrons. The van der Waals surface area contributed by atoms with Crippen LogP contribution in [0.5, 0.6) is 0 Å². The average Bonchev–Trinajstić information content (AvgIpc) is 3.16. The van der Waals surface area contributed by atoms with Crippen molar-refractivity contribution in [1.29, 1.82) is 0 Å². The van der Waals surface area contributed by atoms with Crippen LogP contribution in [0.2, 0.25) is 0 Å². The number of rotatable bonds is 3. The first-order valence-electron chi connectivity index (χ1n) is 7.03. The van der Waals surface area contributed by atoms with Crippen LogP contribution in [0.25, 0.3) is 0 Å². The van der Waals surface area contributed by atoms with Gasteiger partial charge in [-0.3, -0.25) is 0 Å². The molecule has 2 fully saturated rings. The van der Waals surface area contributed by atoms with Crippen molar-refractivity contribution in [2.75, 3.05) is 36.0 Å². The lowest BCUT2D eigenvalue weighted by Gasteiger charge is -2.34. The van der Waals surface area contributed by atoms with Crippen LogP contribution in [0, 0.1) is 5.92 Å². The van der Waals surface area contributed by atoms with Gasteiger partial charge in [0.2, 0.25) is 5.95 Å². The van der Waals surface area contributed by atoms with Crippen molar-refractivity contribution in [3.05, 3.63) is 5.56 Å². The van der Waals surface area contributed by atoms with Crippen LogP contribution in [-0.4, -0.2) is 35.6 Å². The van der Waals surface area contributed by atoms with E-state index in [0.717, 1.165) is 43.4 Å². The lowest BCUT2D eigenvalue weighted by Crippen LogP contribution is -2.50. The van der Waals surface area contributed by atoms with Gasteiger partial charge in [-0.2, -0.15) is 9.97 Å². The van der Waals surface area contributed by atoms with Crippen LogP contribution in [0.15, 0.2) is 0 Å². The first kappa shape index (κ1) is 12.5. The molecular weight excluding hydrogens is 240 g/mol. The van der Waals surface area contributed by atoms with Gasteiger partial charge in [0.05, 0.1) is 0 Å². The molecule has 0 spiro atoms. The third-order valence-corrected chi connectivity index (χ3v) is 3.89. The summed E-state index contributed by atoms with van der Waals surface area (Å²) in [6, 6.07) is 0.458. The molecule has 1 aromatic heterocycles. The highest BCUT2D eigenvalue weighted by Crippen LogP contribution is 2.37. The number of nitrogens with zero attached hydrogens (tertiary/aromatic N) is 3. The molecule has 0 aromatic carbocycles. The van der Waals surface area contributed by atoms with Gasteiger partial charge in [0, 0.05) is 31.2 Å². The maximum absolute atomic E-state index is 6.07. The van der Waals surface area contributed by atoms with E-state index >= 15 is 0 Å². The van der Waals surface area contributed by atoms with Gasteiger partial charge in [-0.05, 0) is 32.1 Å². The van der Waals surface area contributed by atoms with Gasteiger partial charge in [0.25, 0.3) is 0 Å². The van der Waals surface area contributed by atoms with Gasteiger partial charge in [-0.15, -0.1) is 0 Å². The average molecular weight is 262 g/mol. The summed E-state index contributed by atoms with van der Waals surface area (Å²) < 4.78 is 0. The number of aromatic nitrogens is 2. The number of nitrogens with one attached hydrogen (secondary N) is 1. The van der Waals surface area contributed by atoms with E-state index in [9.17, 15) is 0 Å². The normalized spacial score (nSPS) is 23.6. The van der Waals surface area contributed by atoms with Crippen LogP contribution in [-0.2, 0) is 6.42 Å². The number of hydrogen-bond acceptors (Lipinski definition) is 6. The Hall–Kier alpha value is -1.56. The molecule has 5 N–H and O–H groups in total. The molecule has 6 nitrogen and oxygen atoms in total. The second-order valence-corrected chi connectivity index (χ2v) is 5.72. The maximum atomic E-state index is 6.07. The monoisotopic (exact) mass is 262 g/mol. The predicted octanol–water partition coefficient (Wildman–Crippen LogP) is 0.392. The summed E-state index contributed by atoms with van der Waals surface area (Å²) >= 11 is 0. The largest absolute Gasteiger partial charge is 0.383 e. The molecule has 0 bridgehead atoms. The Morgan fingerprint density at radius 2 is 2.11 bits per heavy atom. The van der Waals surface area contributed by atoms with Gasteiger partial charge >= 0.3 is 0 Å². The molecule has 3 rings (SSSR count). The fourth-order valence-electron chi connectivity index (χ4n) is 2.70. The summed E-state index contributed by atoms with van der Waals surface area (Å²) in [5.74, 6) is 2.54. The molecule has 1 saturated carbocycles. The Bertz CT molecular complexity index is 470. The number of anilines is 3. The maximum Gasteiger partial charge on any atom is 0.223 e. The van der Waals surface area contributed by atoms with Crippen molar-refractivity contribution in [1.82, 2.24) is 15.3 Å². The van der Waals surface area contributed by atoms with Gasteiger partial charge in [-0.1, -0.05) is 0 Å². The Morgan fingerprint density at radius 1 is 1.32 bits per heavy atom. The summed E-state index contributed by atoms with van der Waals surface area (Å²) in [6.07, 6.45) is 3.57. The van der Waals surface area contributed by atoms with E-state index in [4.69, 9.17) is 11.5 Å². The standard InChI is InChI=1S/C13H22N6/c1-8-7-19(5-4-16-8)12-10(6-9-2-3-9)11(14)17-13(15)18-12/h8-9,16H,2-7H2,1H3,(H4,14,15,17,18)/t8-/m1/s1. The minimum absolute atomic E-state index is 0.276. The Labute approximate surface area is 113 Å². The third-order valence-electron chi connectivity index (χ3n) is 3.89. The smallest absolute Gasteiger partial charge is 0.223 e. The van der Waals surface area contributed by atoms with E-state index in [1.54, 1.807) is 0 Å². The molecule has 0 unspecified atom stereocenters. The fourth-order valence-corrected chi connectivity index (χ4v) is 2.70. The quantitative estimate of drug-likeness (QED) is 0.730. The SMILES string of the molecule is C[C@@H]1CN(c2nc(N)nc(N)c2CC2CC2)CCN1. The van der Waals surface area contributed by atoms with Crippen molar-refractivity contribution >= 4 is 17.6 Å². The lowest BCUT2D eigenvalue weighted by atomic mass is 10.1. The van der Waals surface area contributed by atoms with Crippen LogP contribution < -0.4 is 21.7 Å². The minimum Gasteiger partial charge on any atom is -0.383 e. The van der Waals surface area contributed by atoms with Gasteiger partial charge in [0.15, 0.2) is 0 Å². The zero-order valence-corrected chi connectivity index (χ0v) is 11.4. The molecule has 2 heterocycles. The second kappa shape index (κ2) is 4.85. The highest BCUT2D eigenvalue weighted by molar-refractivity contribution is 5.60. The topological polar surface area (TPSA) is 93.1 Å². The zero-order valence-electron chi connectivity index (χ0n) is 11.4. The Kier molecular flexibility index (Phi) is 3.18. The van der Waals surface area contributed by atoms with Crippen LogP contribution in [0.4, 0.5) is 17.6 Å². The second-order valence-electron chi connectivity index (χ2n) is 5.72. The molecule has 6 heteroatoms. The van der Waals surface area contributed by atoms with E-state index in [2.05, 4.69) is 27.1 Å². The van der Waals surface area contributed by atoms with E-state index < -0.39 is 0 Å². The van der Waals surface area contributed by atoms with Crippen LogP contribution >= 0.6 is 0 Å². The van der Waals surface area contributed by atoms with E-state index in [1.807, 2.05) is 0 Å². The summed E-state index contributed by atoms with van der Waals surface area (Å²) in [6.45, 7) is 5.03. The molecule has 2 aliphatic rings. The first-order chi connectivity index (χ1) is 9.13. The molecular formula is C13H22N6. The van der Waals surface area contributed by atoms with Gasteiger partial charge in [-0.25, -0.2) is 0 Å². The molecule has 0 radical (unpaired) electrons. The zero-order chi connectivity index (χ0) is 13.4. The first-order valence-corrected chi connectivity index (χ1v) is 7.03. The molecule has 1 aliphatic heterocycles. The van der Waals surface area contributed by atoms with E-state index in [1.165, 1.54) is 12.8 Å². The lowest BCUT2D eigenvalue weighted by molar-refractivity contribution is 0.481. The highest BCUT2D eigenvalue weighted by atomic mass is 15.3. The third kappa shape index (κ3) is 2.73. The van der Waals surface area contributed by atoms with E-state index in [-0.39, 0.29) is 5.95 Å². The van der Waals surface area contributed by atoms with Crippen molar-refractivity contribution in [2.24, 2.45) is 5.92 Å². The molecule has 0 amide bonds. The van der Waals surface area contributed by atoms with Gasteiger partial charge < -0.3 is 21.7 Å². The molecule has 1 aromatic rings. The Morgan fingerprint density at radius 3 is 2.79 bits per heavy atom. The summed E-state index contributed by atoms with van der Waals surface area (Å²) in [7, 11) is 0. The van der Waals surface area contributed by atoms with Crippen molar-refractivity contribution in [3.8, 4) is 0 Å². The van der Waals surface area contributed by atoms with Crippen molar-refractivity contribution < 1.29 is 0 Å². The summed E-state index contributed by atoms with van der Waals surface area (Å²) in [5, 5.41) is 3.44. The van der Waals surface area contributed by atoms with Crippen molar-refractivity contribution in [3.63, 3.8) is 0 Å². The summed E-state index contributed by atoms with van der Waals surface area (Å²) in [4.78, 5) is 10.9. The fraction of sp³-hybridized carbons (Fsp3) is 0.692. The molecule has 1 aliphatic carbocycles. The summed E-state index contributed by atoms with van der Waals surface area (Å²) in [5.41, 5.74) is 12.9. The predicted molar refractivity (Wildman–Crippen MR) is 77.0 cm³/mol. The highest BCUT2D eigenvalue weighted by Gasteiger charge is 2.28. The van der Waals surface area contributed by atoms with Gasteiger partial charge in [0.1, 0.15) is 11.6 Å². The van der Waals surface area contributed by atoms with Crippen LogP contribution in [0.3, 0.4) is 0 Å². The molecule has 1 saturated heterocycles. The molecule has 1 atom stereocenters. The Balaban J connectivity index is 1.92. The number of nitrogen functional groups attached to an aromatic ring is 2. The van der Waals surface area contributed by atoms with Crippen molar-refractivity contribution in [2.45, 2.75) is 32.2 Å². The van der Waals surface area contributed by atoms with Crippen LogP contribution in [0.1, 0.15) is 25.3 Å². The number of nitrogens with two attached hydrogens (primary N) is 2.